The molecule has 0 saturated carbocycles. The van der Waals surface area contributed by atoms with E-state index in [9.17, 15) is 0 Å². The van der Waals surface area contributed by atoms with Crippen molar-refractivity contribution in [3.05, 3.63) is 23.5 Å². The van der Waals surface area contributed by atoms with Crippen molar-refractivity contribution in [1.29, 1.82) is 0 Å². The molecular weight excluding hydrogens is 160 g/mol. The van der Waals surface area contributed by atoms with Gasteiger partial charge in [-0.3, -0.25) is 4.68 Å². The Balaban J connectivity index is 3.30. The minimum Gasteiger partial charge on any atom is -0.266 e. The van der Waals surface area contributed by atoms with E-state index in [1.807, 2.05) is 13.8 Å². The predicted molar refractivity (Wildman–Crippen MR) is 56.8 cm³/mol. The zero-order valence-corrected chi connectivity index (χ0v) is 9.18. The third-order valence-electron chi connectivity index (χ3n) is 2.24. The molecule has 2 heteroatoms. The molecule has 0 spiro atoms. The summed E-state index contributed by atoms with van der Waals surface area (Å²) in [7, 11) is 0. The number of hydrogen-bond donors (Lipinski definition) is 0. The van der Waals surface area contributed by atoms with Gasteiger partial charge in [0.25, 0.3) is 0 Å². The summed E-state index contributed by atoms with van der Waals surface area (Å²) in [5.74, 6) is 0. The van der Waals surface area contributed by atoms with Crippen LogP contribution in [-0.2, 0) is 0 Å². The molecule has 72 valence electrons. The largest absolute Gasteiger partial charge is 0.266 e. The van der Waals surface area contributed by atoms with Crippen molar-refractivity contribution in [1.82, 2.24) is 9.78 Å². The fourth-order valence-corrected chi connectivity index (χ4v) is 1.78. The van der Waals surface area contributed by atoms with E-state index in [1.165, 1.54) is 11.3 Å². The van der Waals surface area contributed by atoms with Crippen molar-refractivity contribution >= 4 is 5.57 Å². The number of rotatable bonds is 2. The van der Waals surface area contributed by atoms with Crippen LogP contribution in [0.2, 0.25) is 0 Å². The Bertz CT molecular complexity index is 332. The number of allylic oxidation sites excluding steroid dienone is 1. The predicted octanol–water partition coefficient (Wildman–Crippen LogP) is 3.11. The van der Waals surface area contributed by atoms with Gasteiger partial charge in [-0.25, -0.2) is 0 Å². The Morgan fingerprint density at radius 3 is 2.15 bits per heavy atom. The van der Waals surface area contributed by atoms with Crippen LogP contribution in [0, 0.1) is 13.8 Å². The van der Waals surface area contributed by atoms with Crippen molar-refractivity contribution in [2.75, 3.05) is 0 Å². The van der Waals surface area contributed by atoms with Crippen LogP contribution in [0.4, 0.5) is 0 Å². The fourth-order valence-electron chi connectivity index (χ4n) is 1.78. The lowest BCUT2D eigenvalue weighted by atomic mass is 10.1. The van der Waals surface area contributed by atoms with Crippen LogP contribution in [0.5, 0.6) is 0 Å². The lowest BCUT2D eigenvalue weighted by Crippen LogP contribution is -2.04. The first-order valence-electron chi connectivity index (χ1n) is 4.66. The summed E-state index contributed by atoms with van der Waals surface area (Å²) in [5.41, 5.74) is 4.62. The van der Waals surface area contributed by atoms with E-state index in [0.717, 1.165) is 11.3 Å². The third-order valence-corrected chi connectivity index (χ3v) is 2.24. The van der Waals surface area contributed by atoms with Crippen LogP contribution in [0.25, 0.3) is 5.57 Å². The summed E-state index contributed by atoms with van der Waals surface area (Å²) in [6.07, 6.45) is 0. The highest BCUT2D eigenvalue weighted by Crippen LogP contribution is 2.22. The normalized spacial score (nSPS) is 10.9. The van der Waals surface area contributed by atoms with Gasteiger partial charge in [0.15, 0.2) is 0 Å². The monoisotopic (exact) mass is 178 g/mol. The Kier molecular flexibility index (Phi) is 2.60. The van der Waals surface area contributed by atoms with Crippen molar-refractivity contribution in [3.8, 4) is 0 Å². The lowest BCUT2D eigenvalue weighted by molar-refractivity contribution is 0.516. The molecule has 2 nitrogen and oxygen atoms in total. The zero-order chi connectivity index (χ0) is 10.2. The number of aryl methyl sites for hydroxylation is 1. The molecule has 1 rings (SSSR count). The van der Waals surface area contributed by atoms with Gasteiger partial charge in [0.2, 0.25) is 0 Å². The van der Waals surface area contributed by atoms with Gasteiger partial charge in [0.1, 0.15) is 0 Å². The van der Waals surface area contributed by atoms with Crippen LogP contribution in [-0.4, -0.2) is 9.78 Å². The highest BCUT2D eigenvalue weighted by Gasteiger charge is 2.12. The molecule has 1 heterocycles. The summed E-state index contributed by atoms with van der Waals surface area (Å²) < 4.78 is 2.05. The molecule has 0 aliphatic carbocycles. The Morgan fingerprint density at radius 1 is 1.38 bits per heavy atom. The number of hydrogen-bond acceptors (Lipinski definition) is 1. The topological polar surface area (TPSA) is 17.8 Å². The van der Waals surface area contributed by atoms with Gasteiger partial charge in [-0.2, -0.15) is 5.10 Å². The molecule has 0 aliphatic rings. The molecule has 0 amide bonds. The summed E-state index contributed by atoms with van der Waals surface area (Å²) in [5, 5.41) is 4.49. The summed E-state index contributed by atoms with van der Waals surface area (Å²) in [6, 6.07) is 0.423. The van der Waals surface area contributed by atoms with Gasteiger partial charge in [-0.05, 0) is 40.2 Å². The van der Waals surface area contributed by atoms with E-state index in [2.05, 4.69) is 37.1 Å². The first-order valence-corrected chi connectivity index (χ1v) is 4.66. The molecule has 1 aromatic heterocycles. The van der Waals surface area contributed by atoms with E-state index in [1.54, 1.807) is 0 Å². The molecule has 0 atom stereocenters. The molecule has 0 aromatic carbocycles. The van der Waals surface area contributed by atoms with Gasteiger partial charge in [0, 0.05) is 17.3 Å². The van der Waals surface area contributed by atoms with Crippen LogP contribution in [0.15, 0.2) is 6.58 Å². The Hall–Kier alpha value is -1.05. The van der Waals surface area contributed by atoms with Gasteiger partial charge in [-0.15, -0.1) is 0 Å². The van der Waals surface area contributed by atoms with Gasteiger partial charge < -0.3 is 0 Å². The van der Waals surface area contributed by atoms with E-state index < -0.39 is 0 Å². The minimum atomic E-state index is 0.423. The molecule has 0 fully saturated rings. The quantitative estimate of drug-likeness (QED) is 0.680. The molecule has 0 saturated heterocycles. The highest BCUT2D eigenvalue weighted by atomic mass is 15.3. The summed E-state index contributed by atoms with van der Waals surface area (Å²) in [6.45, 7) is 14.4. The van der Waals surface area contributed by atoms with E-state index in [-0.39, 0.29) is 0 Å². The summed E-state index contributed by atoms with van der Waals surface area (Å²) in [4.78, 5) is 0. The molecular formula is C11H18N2. The van der Waals surface area contributed by atoms with Crippen molar-refractivity contribution < 1.29 is 0 Å². The Morgan fingerprint density at radius 2 is 1.92 bits per heavy atom. The maximum absolute atomic E-state index is 4.49. The standard InChI is InChI=1S/C11H18N2/c1-7(2)11-9(5)12-13(8(3)4)10(11)6/h8H,1H2,2-6H3. The highest BCUT2D eigenvalue weighted by molar-refractivity contribution is 5.65. The molecule has 1 aromatic rings. The van der Waals surface area contributed by atoms with Gasteiger partial charge in [0.05, 0.1) is 5.69 Å². The zero-order valence-electron chi connectivity index (χ0n) is 9.18. The molecule has 13 heavy (non-hydrogen) atoms. The van der Waals surface area contributed by atoms with Crippen LogP contribution in [0.3, 0.4) is 0 Å². The van der Waals surface area contributed by atoms with Gasteiger partial charge in [-0.1, -0.05) is 6.58 Å². The molecule has 0 unspecified atom stereocenters. The number of nitrogens with zero attached hydrogens (tertiary/aromatic N) is 2. The van der Waals surface area contributed by atoms with Crippen LogP contribution >= 0.6 is 0 Å². The van der Waals surface area contributed by atoms with Gasteiger partial charge >= 0.3 is 0 Å². The van der Waals surface area contributed by atoms with Crippen molar-refractivity contribution in [2.45, 2.75) is 40.7 Å². The Labute approximate surface area is 80.3 Å². The van der Waals surface area contributed by atoms with Crippen LogP contribution < -0.4 is 0 Å². The lowest BCUT2D eigenvalue weighted by Gasteiger charge is -2.08. The second-order valence-electron chi connectivity index (χ2n) is 3.86. The second-order valence-corrected chi connectivity index (χ2v) is 3.86. The maximum atomic E-state index is 4.49. The first kappa shape index (κ1) is 10.0. The third kappa shape index (κ3) is 1.67. The average Bonchev–Trinajstić information content (AvgIpc) is 2.26. The van der Waals surface area contributed by atoms with E-state index in [4.69, 9.17) is 0 Å². The van der Waals surface area contributed by atoms with E-state index in [0.29, 0.717) is 6.04 Å². The average molecular weight is 178 g/mol. The smallest absolute Gasteiger partial charge is 0.0671 e. The number of aromatic nitrogens is 2. The molecule has 0 radical (unpaired) electrons. The maximum Gasteiger partial charge on any atom is 0.0671 e. The molecule has 0 bridgehead atoms. The fraction of sp³-hybridized carbons (Fsp3) is 0.545. The summed E-state index contributed by atoms with van der Waals surface area (Å²) >= 11 is 0. The van der Waals surface area contributed by atoms with Crippen LogP contribution in [0.1, 0.15) is 43.8 Å². The van der Waals surface area contributed by atoms with E-state index >= 15 is 0 Å². The van der Waals surface area contributed by atoms with Crippen molar-refractivity contribution in [3.63, 3.8) is 0 Å². The van der Waals surface area contributed by atoms with Crippen molar-refractivity contribution in [2.24, 2.45) is 0 Å². The SMILES string of the molecule is C=C(C)c1c(C)nn(C(C)C)c1C. The molecule has 0 aliphatic heterocycles. The second kappa shape index (κ2) is 3.36. The first-order chi connectivity index (χ1) is 5.95. The molecule has 0 N–H and O–H groups in total. The minimum absolute atomic E-state index is 0.423.